The molecule has 1 aromatic carbocycles. The molecule has 0 aliphatic heterocycles. The first-order chi connectivity index (χ1) is 9.93. The highest BCUT2D eigenvalue weighted by molar-refractivity contribution is 8.00. The highest BCUT2D eigenvalue weighted by atomic mass is 32.2. The fourth-order valence-electron chi connectivity index (χ4n) is 1.26. The second-order valence-corrected chi connectivity index (χ2v) is 4.80. The molecule has 1 rings (SSSR count). The van der Waals surface area contributed by atoms with E-state index in [0.717, 1.165) is 30.0 Å². The van der Waals surface area contributed by atoms with Gasteiger partial charge in [0.15, 0.2) is 0 Å². The number of carboxylic acid groups (broad SMARTS) is 1. The van der Waals surface area contributed by atoms with Crippen LogP contribution in [0.3, 0.4) is 0 Å². The highest BCUT2D eigenvalue weighted by Gasteiger charge is 2.12. The van der Waals surface area contributed by atoms with Gasteiger partial charge in [-0.3, -0.25) is 10.1 Å². The van der Waals surface area contributed by atoms with Crippen molar-refractivity contribution in [3.8, 4) is 0 Å². The van der Waals surface area contributed by atoms with E-state index >= 15 is 0 Å². The summed E-state index contributed by atoms with van der Waals surface area (Å²) in [6.07, 6.45) is 1.45. The first kappa shape index (κ1) is 16.7. The first-order valence-electron chi connectivity index (χ1n) is 5.78. The van der Waals surface area contributed by atoms with Gasteiger partial charge in [0, 0.05) is 11.4 Å². The molecule has 8 heteroatoms. The monoisotopic (exact) mass is 312 g/mol. The van der Waals surface area contributed by atoms with Crippen LogP contribution in [0.25, 0.3) is 0 Å². The third-order valence-electron chi connectivity index (χ3n) is 2.20. The van der Waals surface area contributed by atoms with Crippen molar-refractivity contribution in [1.29, 1.82) is 0 Å². The maximum Gasteiger partial charge on any atom is 0.335 e. The Bertz CT molecular complexity index is 577. The summed E-state index contributed by atoms with van der Waals surface area (Å²) in [6.45, 7) is 3.61. The zero-order valence-electron chi connectivity index (χ0n) is 10.9. The van der Waals surface area contributed by atoms with Crippen molar-refractivity contribution in [2.24, 2.45) is 0 Å². The lowest BCUT2D eigenvalue weighted by Gasteiger charge is -2.06. The van der Waals surface area contributed by atoms with Crippen LogP contribution in [-0.2, 0) is 4.79 Å². The molecule has 0 aliphatic carbocycles. The molecule has 0 saturated carbocycles. The van der Waals surface area contributed by atoms with Crippen LogP contribution < -0.4 is 10.6 Å². The Morgan fingerprint density at radius 3 is 2.71 bits per heavy atom. The second-order valence-electron chi connectivity index (χ2n) is 3.79. The summed E-state index contributed by atoms with van der Waals surface area (Å²) in [4.78, 5) is 33.4. The van der Waals surface area contributed by atoms with Gasteiger partial charge in [0.1, 0.15) is 5.82 Å². The van der Waals surface area contributed by atoms with E-state index in [0.29, 0.717) is 0 Å². The number of hydrogen-bond donors (Lipinski definition) is 3. The lowest BCUT2D eigenvalue weighted by atomic mass is 10.2. The fraction of sp³-hybridized carbons (Fsp3) is 0.154. The standard InChI is InChI=1S/C13H13FN2O4S/c1-2-5-15-13(20)16-11(17)7-21-10-6-8(12(18)19)3-4-9(10)14/h2-4,6H,1,5,7H2,(H,18,19)(H2,15,16,17,20). The molecule has 0 spiro atoms. The molecule has 112 valence electrons. The topological polar surface area (TPSA) is 95.5 Å². The lowest BCUT2D eigenvalue weighted by molar-refractivity contribution is -0.117. The van der Waals surface area contributed by atoms with Gasteiger partial charge in [-0.25, -0.2) is 14.0 Å². The normalized spacial score (nSPS) is 9.76. The number of benzene rings is 1. The van der Waals surface area contributed by atoms with Crippen LogP contribution in [0, 0.1) is 5.82 Å². The summed E-state index contributed by atoms with van der Waals surface area (Å²) in [7, 11) is 0. The van der Waals surface area contributed by atoms with E-state index in [9.17, 15) is 18.8 Å². The molecule has 0 aromatic heterocycles. The highest BCUT2D eigenvalue weighted by Crippen LogP contribution is 2.22. The molecule has 0 radical (unpaired) electrons. The number of amides is 3. The van der Waals surface area contributed by atoms with Gasteiger partial charge in [-0.2, -0.15) is 0 Å². The number of carboxylic acids is 1. The van der Waals surface area contributed by atoms with Crippen LogP contribution in [0.4, 0.5) is 9.18 Å². The molecule has 0 unspecified atom stereocenters. The summed E-state index contributed by atoms with van der Waals surface area (Å²) in [5, 5.41) is 13.2. The molecule has 0 fully saturated rings. The minimum atomic E-state index is -1.19. The third kappa shape index (κ3) is 5.65. The number of halogens is 1. The van der Waals surface area contributed by atoms with Crippen molar-refractivity contribution < 1.29 is 23.9 Å². The summed E-state index contributed by atoms with van der Waals surface area (Å²) < 4.78 is 13.5. The Labute approximate surface area is 124 Å². The Morgan fingerprint density at radius 1 is 1.38 bits per heavy atom. The lowest BCUT2D eigenvalue weighted by Crippen LogP contribution is -2.40. The van der Waals surface area contributed by atoms with Gasteiger partial charge in [-0.1, -0.05) is 6.08 Å². The molecule has 0 heterocycles. The van der Waals surface area contributed by atoms with Crippen molar-refractivity contribution in [2.45, 2.75) is 4.90 Å². The van der Waals surface area contributed by atoms with Crippen LogP contribution in [0.15, 0.2) is 35.7 Å². The molecule has 3 amide bonds. The summed E-state index contributed by atoms with van der Waals surface area (Å²) >= 11 is 0.802. The van der Waals surface area contributed by atoms with Gasteiger partial charge in [0.05, 0.1) is 11.3 Å². The van der Waals surface area contributed by atoms with Crippen molar-refractivity contribution in [1.82, 2.24) is 10.6 Å². The van der Waals surface area contributed by atoms with Gasteiger partial charge in [-0.15, -0.1) is 18.3 Å². The molecule has 0 bridgehead atoms. The number of carbonyl (C=O) groups excluding carboxylic acids is 2. The largest absolute Gasteiger partial charge is 0.478 e. The Hall–Kier alpha value is -2.35. The molecule has 0 saturated heterocycles. The average Bonchev–Trinajstić information content (AvgIpc) is 2.43. The Morgan fingerprint density at radius 2 is 2.10 bits per heavy atom. The fourth-order valence-corrected chi connectivity index (χ4v) is 2.04. The zero-order valence-corrected chi connectivity index (χ0v) is 11.7. The van der Waals surface area contributed by atoms with Crippen LogP contribution in [0.2, 0.25) is 0 Å². The number of carbonyl (C=O) groups is 3. The minimum absolute atomic E-state index is 0.0246. The predicted octanol–water partition coefficient (Wildman–Crippen LogP) is 1.63. The van der Waals surface area contributed by atoms with E-state index in [-0.39, 0.29) is 22.8 Å². The summed E-state index contributed by atoms with van der Waals surface area (Å²) in [5.41, 5.74) is -0.0805. The maximum atomic E-state index is 13.5. The van der Waals surface area contributed by atoms with E-state index in [1.165, 1.54) is 6.08 Å². The number of aromatic carboxylic acids is 1. The van der Waals surface area contributed by atoms with Crippen LogP contribution in [-0.4, -0.2) is 35.3 Å². The maximum absolute atomic E-state index is 13.5. The molecule has 3 N–H and O–H groups in total. The average molecular weight is 312 g/mol. The first-order valence-corrected chi connectivity index (χ1v) is 6.76. The second kappa shape index (κ2) is 8.05. The number of imide groups is 1. The molecule has 1 aromatic rings. The molecule has 21 heavy (non-hydrogen) atoms. The van der Waals surface area contributed by atoms with Gasteiger partial charge in [0.2, 0.25) is 5.91 Å². The van der Waals surface area contributed by atoms with E-state index in [1.807, 2.05) is 5.32 Å². The summed E-state index contributed by atoms with van der Waals surface area (Å²) in [6, 6.07) is 2.60. The van der Waals surface area contributed by atoms with Crippen LogP contribution >= 0.6 is 11.8 Å². The SMILES string of the molecule is C=CCNC(=O)NC(=O)CSc1cc(C(=O)O)ccc1F. The third-order valence-corrected chi connectivity index (χ3v) is 3.23. The Balaban J connectivity index is 2.56. The van der Waals surface area contributed by atoms with Gasteiger partial charge in [-0.05, 0) is 18.2 Å². The number of nitrogens with one attached hydrogen (secondary N) is 2. The molecule has 0 aliphatic rings. The van der Waals surface area contributed by atoms with E-state index in [4.69, 9.17) is 5.11 Å². The smallest absolute Gasteiger partial charge is 0.335 e. The van der Waals surface area contributed by atoms with Crippen LogP contribution in [0.1, 0.15) is 10.4 Å². The van der Waals surface area contributed by atoms with Crippen molar-refractivity contribution >= 4 is 29.7 Å². The van der Waals surface area contributed by atoms with Crippen molar-refractivity contribution in [3.63, 3.8) is 0 Å². The number of urea groups is 1. The van der Waals surface area contributed by atoms with E-state index in [1.54, 1.807) is 0 Å². The van der Waals surface area contributed by atoms with Crippen LogP contribution in [0.5, 0.6) is 0 Å². The number of hydrogen-bond acceptors (Lipinski definition) is 4. The molecular weight excluding hydrogens is 299 g/mol. The zero-order chi connectivity index (χ0) is 15.8. The quantitative estimate of drug-likeness (QED) is 0.548. The molecule has 6 nitrogen and oxygen atoms in total. The molecular formula is C13H13FN2O4S. The van der Waals surface area contributed by atoms with Gasteiger partial charge >= 0.3 is 12.0 Å². The van der Waals surface area contributed by atoms with Crippen molar-refractivity contribution in [2.75, 3.05) is 12.3 Å². The number of rotatable bonds is 6. The van der Waals surface area contributed by atoms with E-state index < -0.39 is 23.7 Å². The Kier molecular flexibility index (Phi) is 6.41. The number of thioether (sulfide) groups is 1. The van der Waals surface area contributed by atoms with E-state index in [2.05, 4.69) is 11.9 Å². The predicted molar refractivity (Wildman–Crippen MR) is 75.8 cm³/mol. The van der Waals surface area contributed by atoms with Gasteiger partial charge < -0.3 is 10.4 Å². The van der Waals surface area contributed by atoms with Crippen molar-refractivity contribution in [3.05, 3.63) is 42.2 Å². The van der Waals surface area contributed by atoms with Gasteiger partial charge in [0.25, 0.3) is 0 Å². The molecule has 0 atom stereocenters. The minimum Gasteiger partial charge on any atom is -0.478 e. The summed E-state index contributed by atoms with van der Waals surface area (Å²) in [5.74, 6) is -2.66.